The third-order valence-corrected chi connectivity index (χ3v) is 5.09. The van der Waals surface area contributed by atoms with Gasteiger partial charge in [0.25, 0.3) is 5.91 Å². The lowest BCUT2D eigenvalue weighted by Gasteiger charge is -2.14. The van der Waals surface area contributed by atoms with Gasteiger partial charge in [0.15, 0.2) is 11.5 Å². The van der Waals surface area contributed by atoms with E-state index in [1.807, 2.05) is 37.3 Å². The summed E-state index contributed by atoms with van der Waals surface area (Å²) < 4.78 is 7.10. The molecular formula is C25H25N5O4. The minimum atomic E-state index is -0.851. The Morgan fingerprint density at radius 3 is 2.68 bits per heavy atom. The molecule has 2 heterocycles. The van der Waals surface area contributed by atoms with Crippen LogP contribution in [0.3, 0.4) is 0 Å². The summed E-state index contributed by atoms with van der Waals surface area (Å²) in [7, 11) is 0. The number of aliphatic hydroxyl groups excluding tert-OH is 1. The number of nitrogens with zero attached hydrogens (tertiary/aromatic N) is 3. The Morgan fingerprint density at radius 2 is 1.91 bits per heavy atom. The fraction of sp³-hybridized carbons (Fsp3) is 0.200. The molecule has 3 N–H and O–H groups in total. The number of hydrogen-bond acceptors (Lipinski definition) is 6. The van der Waals surface area contributed by atoms with E-state index in [0.717, 1.165) is 11.1 Å². The molecule has 2 aromatic carbocycles. The Labute approximate surface area is 196 Å². The number of nitrogens with one attached hydrogen (secondary N) is 2. The maximum atomic E-state index is 12.8. The maximum Gasteiger partial charge on any atom is 0.251 e. The van der Waals surface area contributed by atoms with Crippen LogP contribution in [0, 0.1) is 6.92 Å². The number of hydrogen-bond donors (Lipinski definition) is 3. The molecule has 0 aliphatic carbocycles. The smallest absolute Gasteiger partial charge is 0.251 e. The molecule has 0 aliphatic rings. The molecule has 0 saturated carbocycles. The van der Waals surface area contributed by atoms with Gasteiger partial charge in [0.2, 0.25) is 5.91 Å². The normalized spacial score (nSPS) is 11.7. The van der Waals surface area contributed by atoms with Crippen LogP contribution in [0.1, 0.15) is 22.8 Å². The van der Waals surface area contributed by atoms with Crippen LogP contribution in [0.25, 0.3) is 16.9 Å². The van der Waals surface area contributed by atoms with E-state index in [1.54, 1.807) is 41.0 Å². The summed E-state index contributed by atoms with van der Waals surface area (Å²) in [6, 6.07) is 18.3. The maximum absolute atomic E-state index is 12.8. The second-order valence-electron chi connectivity index (χ2n) is 7.85. The van der Waals surface area contributed by atoms with Crippen LogP contribution in [-0.2, 0) is 4.79 Å². The summed E-state index contributed by atoms with van der Waals surface area (Å²) >= 11 is 0. The number of ether oxygens (including phenoxy) is 1. The molecule has 0 bridgehead atoms. The number of anilines is 1. The minimum absolute atomic E-state index is 0.0561. The number of aliphatic hydroxyl groups is 1. The van der Waals surface area contributed by atoms with Gasteiger partial charge in [0, 0.05) is 24.6 Å². The van der Waals surface area contributed by atoms with E-state index in [2.05, 4.69) is 20.7 Å². The zero-order chi connectivity index (χ0) is 24.1. The van der Waals surface area contributed by atoms with Crippen LogP contribution in [0.2, 0.25) is 0 Å². The highest BCUT2D eigenvalue weighted by Gasteiger charge is 2.14. The van der Waals surface area contributed by atoms with Gasteiger partial charge in [-0.05, 0) is 42.8 Å². The molecule has 2 aromatic heterocycles. The first kappa shape index (κ1) is 22.9. The Hall–Kier alpha value is -4.24. The van der Waals surface area contributed by atoms with E-state index in [4.69, 9.17) is 4.74 Å². The van der Waals surface area contributed by atoms with Crippen molar-refractivity contribution in [3.05, 3.63) is 78.0 Å². The lowest BCUT2D eigenvalue weighted by atomic mass is 10.0. The number of para-hydroxylation sites is 1. The third-order valence-electron chi connectivity index (χ3n) is 5.09. The van der Waals surface area contributed by atoms with Gasteiger partial charge in [0.1, 0.15) is 18.5 Å². The molecule has 0 spiro atoms. The highest BCUT2D eigenvalue weighted by Crippen LogP contribution is 2.22. The standard InChI is InChI=1S/C25H25N5O4/c1-16-8-9-18(22-10-11-24-28-23(27-17(2)31)14-30(24)29-22)12-21(16)25(33)26-13-19(32)15-34-20-6-4-3-5-7-20/h3-12,14,19,32H,13,15H2,1-2H3,(H,26,33)(H,27,31). The summed E-state index contributed by atoms with van der Waals surface area (Å²) in [5, 5.41) is 20.1. The van der Waals surface area contributed by atoms with E-state index < -0.39 is 6.10 Å². The molecule has 174 valence electrons. The van der Waals surface area contributed by atoms with Crippen molar-refractivity contribution in [2.75, 3.05) is 18.5 Å². The van der Waals surface area contributed by atoms with Crippen molar-refractivity contribution in [2.24, 2.45) is 0 Å². The first-order valence-corrected chi connectivity index (χ1v) is 10.8. The number of rotatable bonds is 8. The lowest BCUT2D eigenvalue weighted by Crippen LogP contribution is -2.35. The Bertz CT molecular complexity index is 1320. The van der Waals surface area contributed by atoms with Gasteiger partial charge in [-0.3, -0.25) is 9.59 Å². The molecule has 0 aliphatic heterocycles. The SMILES string of the molecule is CC(=O)Nc1cn2nc(-c3ccc(C)c(C(=O)NCC(O)COc4ccccc4)c3)ccc2n1. The second kappa shape index (κ2) is 10.1. The Morgan fingerprint density at radius 1 is 1.12 bits per heavy atom. The summed E-state index contributed by atoms with van der Waals surface area (Å²) in [5.74, 6) is 0.559. The third kappa shape index (κ3) is 5.57. The van der Waals surface area contributed by atoms with E-state index in [9.17, 15) is 14.7 Å². The molecule has 1 unspecified atom stereocenters. The molecule has 0 saturated heterocycles. The van der Waals surface area contributed by atoms with Crippen LogP contribution in [0.5, 0.6) is 5.75 Å². The number of aromatic nitrogens is 3. The highest BCUT2D eigenvalue weighted by molar-refractivity contribution is 5.96. The van der Waals surface area contributed by atoms with Crippen molar-refractivity contribution < 1.29 is 19.4 Å². The van der Waals surface area contributed by atoms with Crippen molar-refractivity contribution in [2.45, 2.75) is 20.0 Å². The van der Waals surface area contributed by atoms with Gasteiger partial charge in [-0.1, -0.05) is 30.3 Å². The van der Waals surface area contributed by atoms with Crippen molar-refractivity contribution in [1.29, 1.82) is 0 Å². The monoisotopic (exact) mass is 459 g/mol. The largest absolute Gasteiger partial charge is 0.491 e. The molecule has 0 fully saturated rings. The van der Waals surface area contributed by atoms with E-state index >= 15 is 0 Å². The predicted octanol–water partition coefficient (Wildman–Crippen LogP) is 2.83. The van der Waals surface area contributed by atoms with Crippen LogP contribution in [0.4, 0.5) is 5.82 Å². The van der Waals surface area contributed by atoms with Crippen LogP contribution in [0.15, 0.2) is 66.9 Å². The van der Waals surface area contributed by atoms with Crippen molar-refractivity contribution >= 4 is 23.3 Å². The van der Waals surface area contributed by atoms with E-state index in [1.165, 1.54) is 6.92 Å². The minimum Gasteiger partial charge on any atom is -0.491 e. The highest BCUT2D eigenvalue weighted by atomic mass is 16.5. The molecule has 4 aromatic rings. The molecule has 9 heteroatoms. The molecule has 34 heavy (non-hydrogen) atoms. The number of imidazole rings is 1. The Balaban J connectivity index is 1.43. The van der Waals surface area contributed by atoms with Crippen LogP contribution >= 0.6 is 0 Å². The molecular weight excluding hydrogens is 434 g/mol. The van der Waals surface area contributed by atoms with E-state index in [-0.39, 0.29) is 25.0 Å². The lowest BCUT2D eigenvalue weighted by molar-refractivity contribution is -0.114. The number of amides is 2. The van der Waals surface area contributed by atoms with Gasteiger partial charge in [-0.25, -0.2) is 9.50 Å². The van der Waals surface area contributed by atoms with Crippen molar-refractivity contribution in [1.82, 2.24) is 19.9 Å². The average molecular weight is 460 g/mol. The van der Waals surface area contributed by atoms with Crippen molar-refractivity contribution in [3.63, 3.8) is 0 Å². The first-order chi connectivity index (χ1) is 16.4. The van der Waals surface area contributed by atoms with Gasteiger partial charge in [-0.2, -0.15) is 5.10 Å². The van der Waals surface area contributed by atoms with Crippen molar-refractivity contribution in [3.8, 4) is 17.0 Å². The summed E-state index contributed by atoms with van der Waals surface area (Å²) in [5.41, 5.74) is 3.27. The zero-order valence-corrected chi connectivity index (χ0v) is 18.9. The fourth-order valence-electron chi connectivity index (χ4n) is 3.38. The predicted molar refractivity (Wildman–Crippen MR) is 128 cm³/mol. The topological polar surface area (TPSA) is 118 Å². The van der Waals surface area contributed by atoms with Gasteiger partial charge >= 0.3 is 0 Å². The van der Waals surface area contributed by atoms with Crippen LogP contribution in [-0.4, -0.2) is 50.8 Å². The Kier molecular flexibility index (Phi) is 6.84. The molecule has 9 nitrogen and oxygen atoms in total. The molecule has 4 rings (SSSR count). The second-order valence-corrected chi connectivity index (χ2v) is 7.85. The number of carbonyl (C=O) groups is 2. The van der Waals surface area contributed by atoms with Gasteiger partial charge in [-0.15, -0.1) is 0 Å². The summed E-state index contributed by atoms with van der Waals surface area (Å²) in [6.45, 7) is 3.38. The van der Waals surface area contributed by atoms with Gasteiger partial charge < -0.3 is 20.5 Å². The van der Waals surface area contributed by atoms with Gasteiger partial charge in [0.05, 0.1) is 11.9 Å². The average Bonchev–Trinajstić information content (AvgIpc) is 3.23. The molecule has 2 amide bonds. The quantitative estimate of drug-likeness (QED) is 0.373. The molecule has 0 radical (unpaired) electrons. The number of carbonyl (C=O) groups excluding carboxylic acids is 2. The molecule has 1 atom stereocenters. The van der Waals surface area contributed by atoms with E-state index in [0.29, 0.717) is 28.5 Å². The van der Waals surface area contributed by atoms with Crippen LogP contribution < -0.4 is 15.4 Å². The number of aryl methyl sites for hydroxylation is 1. The summed E-state index contributed by atoms with van der Waals surface area (Å²) in [6.07, 6.45) is 0.775. The summed E-state index contributed by atoms with van der Waals surface area (Å²) in [4.78, 5) is 28.4. The number of benzene rings is 2. The number of fused-ring (bicyclic) bond motifs is 1. The zero-order valence-electron chi connectivity index (χ0n) is 18.9. The first-order valence-electron chi connectivity index (χ1n) is 10.8. The fourth-order valence-corrected chi connectivity index (χ4v) is 3.38.